The number of anilines is 2. The number of fused-ring (bicyclic) bond motifs is 1. The summed E-state index contributed by atoms with van der Waals surface area (Å²) in [5, 5.41) is 4.24. The second-order valence-corrected chi connectivity index (χ2v) is 4.47. The third-order valence-electron chi connectivity index (χ3n) is 2.95. The number of pyridine rings is 1. The lowest BCUT2D eigenvalue weighted by molar-refractivity contribution is 0.101. The monoisotopic (exact) mass is 283 g/mol. The number of aryl methyl sites for hydroxylation is 1. The zero-order chi connectivity index (χ0) is 14.8. The number of amides is 1. The van der Waals surface area contributed by atoms with Gasteiger partial charge in [-0.3, -0.25) is 10.1 Å². The first-order valence-corrected chi connectivity index (χ1v) is 6.27. The van der Waals surface area contributed by atoms with Crippen LogP contribution in [0.25, 0.3) is 10.8 Å². The van der Waals surface area contributed by atoms with E-state index in [4.69, 9.17) is 10.3 Å². The van der Waals surface area contributed by atoms with Gasteiger partial charge >= 0.3 is 6.01 Å². The third-order valence-corrected chi connectivity index (χ3v) is 2.95. The first-order valence-electron chi connectivity index (χ1n) is 6.27. The highest BCUT2D eigenvalue weighted by molar-refractivity contribution is 6.05. The molecular weight excluding hydrogens is 270 g/mol. The number of nitrogens with zero attached hydrogens (tertiary/aromatic N) is 2. The van der Waals surface area contributed by atoms with Gasteiger partial charge in [-0.05, 0) is 18.4 Å². The van der Waals surface area contributed by atoms with Gasteiger partial charge in [-0.2, -0.15) is 4.98 Å². The van der Waals surface area contributed by atoms with Gasteiger partial charge < -0.3 is 9.84 Å². The fourth-order valence-corrected chi connectivity index (χ4v) is 2.00. The van der Waals surface area contributed by atoms with Crippen LogP contribution in [0.4, 0.5) is 11.8 Å². The molecule has 3 aromatic rings. The van der Waals surface area contributed by atoms with Gasteiger partial charge in [0.25, 0.3) is 5.91 Å². The van der Waals surface area contributed by atoms with E-state index in [2.05, 4.69) is 20.7 Å². The summed E-state index contributed by atoms with van der Waals surface area (Å²) in [6.07, 6.45) is 1.45. The normalized spacial score (nSPS) is 10.6. The minimum atomic E-state index is -0.417. The summed E-state index contributed by atoms with van der Waals surface area (Å²) in [5.41, 5.74) is 3.40. The molecule has 0 bridgehead atoms. The Hall–Kier alpha value is -2.93. The maximum atomic E-state index is 12.2. The van der Waals surface area contributed by atoms with Gasteiger partial charge in [-0.1, -0.05) is 24.3 Å². The van der Waals surface area contributed by atoms with E-state index in [1.54, 1.807) is 13.0 Å². The topological polar surface area (TPSA) is 106 Å². The van der Waals surface area contributed by atoms with E-state index in [9.17, 15) is 4.79 Å². The Morgan fingerprint density at radius 1 is 1.29 bits per heavy atom. The summed E-state index contributed by atoms with van der Waals surface area (Å²) in [6.45, 7) is 1.77. The SMILES string of the molecule is Cc1coc(NC(=O)c2cc3ccccc3c(NN)n2)n1. The summed E-state index contributed by atoms with van der Waals surface area (Å²) in [6, 6.07) is 9.32. The molecule has 0 radical (unpaired) electrons. The molecule has 0 saturated carbocycles. The molecule has 3 rings (SSSR count). The number of nitrogen functional groups attached to an aromatic ring is 1. The summed E-state index contributed by atoms with van der Waals surface area (Å²) in [4.78, 5) is 20.4. The number of aromatic nitrogens is 2. The molecule has 0 aliphatic rings. The molecule has 2 heterocycles. The second-order valence-electron chi connectivity index (χ2n) is 4.47. The second kappa shape index (κ2) is 5.22. The number of hydrogen-bond acceptors (Lipinski definition) is 6. The van der Waals surface area contributed by atoms with E-state index >= 15 is 0 Å². The zero-order valence-electron chi connectivity index (χ0n) is 11.3. The largest absolute Gasteiger partial charge is 0.432 e. The van der Waals surface area contributed by atoms with Crippen molar-refractivity contribution in [2.24, 2.45) is 5.84 Å². The fraction of sp³-hybridized carbons (Fsp3) is 0.0714. The Bertz CT molecular complexity index is 812. The lowest BCUT2D eigenvalue weighted by Gasteiger charge is -2.08. The predicted molar refractivity (Wildman–Crippen MR) is 78.7 cm³/mol. The molecule has 0 saturated heterocycles. The van der Waals surface area contributed by atoms with E-state index in [-0.39, 0.29) is 11.7 Å². The van der Waals surface area contributed by atoms with Gasteiger partial charge in [0.2, 0.25) is 0 Å². The average molecular weight is 283 g/mol. The smallest absolute Gasteiger partial charge is 0.301 e. The molecule has 0 unspecified atom stereocenters. The van der Waals surface area contributed by atoms with Gasteiger partial charge in [-0.25, -0.2) is 10.8 Å². The summed E-state index contributed by atoms with van der Waals surface area (Å²) in [5.74, 6) is 5.48. The van der Waals surface area contributed by atoms with Crippen molar-refractivity contribution in [2.45, 2.75) is 6.92 Å². The lowest BCUT2D eigenvalue weighted by Crippen LogP contribution is -2.16. The molecule has 1 aromatic carbocycles. The van der Waals surface area contributed by atoms with E-state index in [1.807, 2.05) is 24.3 Å². The molecule has 21 heavy (non-hydrogen) atoms. The number of hydrogen-bond donors (Lipinski definition) is 3. The molecule has 2 aromatic heterocycles. The highest BCUT2D eigenvalue weighted by atomic mass is 16.4. The Kier molecular flexibility index (Phi) is 3.25. The molecule has 7 nitrogen and oxygen atoms in total. The van der Waals surface area contributed by atoms with E-state index < -0.39 is 5.91 Å². The molecule has 0 atom stereocenters. The molecule has 0 fully saturated rings. The average Bonchev–Trinajstić information content (AvgIpc) is 2.91. The Labute approximate surface area is 120 Å². The van der Waals surface area contributed by atoms with Crippen molar-refractivity contribution >= 4 is 28.5 Å². The van der Waals surface area contributed by atoms with Crippen LogP contribution in [-0.2, 0) is 0 Å². The molecule has 0 aliphatic carbocycles. The number of oxazole rings is 1. The van der Waals surface area contributed by atoms with Crippen LogP contribution >= 0.6 is 0 Å². The minimum Gasteiger partial charge on any atom is -0.432 e. The lowest BCUT2D eigenvalue weighted by atomic mass is 10.1. The number of nitrogens with two attached hydrogens (primary N) is 1. The first-order chi connectivity index (χ1) is 10.2. The van der Waals surface area contributed by atoms with Crippen LogP contribution in [-0.4, -0.2) is 15.9 Å². The third kappa shape index (κ3) is 2.54. The van der Waals surface area contributed by atoms with Crippen LogP contribution in [0.2, 0.25) is 0 Å². The highest BCUT2D eigenvalue weighted by Crippen LogP contribution is 2.22. The van der Waals surface area contributed by atoms with E-state index in [0.717, 1.165) is 10.8 Å². The van der Waals surface area contributed by atoms with E-state index in [0.29, 0.717) is 11.5 Å². The standard InChI is InChI=1S/C14H13N5O2/c1-8-7-21-14(16-8)18-13(20)11-6-9-4-2-3-5-10(9)12(17-11)19-15/h2-7H,15H2,1H3,(H,17,19)(H,16,18,20). The van der Waals surface area contributed by atoms with Crippen molar-refractivity contribution < 1.29 is 9.21 Å². The predicted octanol–water partition coefficient (Wildman–Crippen LogP) is 2.07. The molecule has 1 amide bonds. The number of carbonyl (C=O) groups excluding carboxylic acids is 1. The molecular formula is C14H13N5O2. The van der Waals surface area contributed by atoms with Gasteiger partial charge in [0, 0.05) is 5.39 Å². The highest BCUT2D eigenvalue weighted by Gasteiger charge is 2.14. The Morgan fingerprint density at radius 3 is 2.81 bits per heavy atom. The van der Waals surface area contributed by atoms with E-state index in [1.165, 1.54) is 6.26 Å². The zero-order valence-corrected chi connectivity index (χ0v) is 11.3. The molecule has 0 aliphatic heterocycles. The number of nitrogens with one attached hydrogen (secondary N) is 2. The number of rotatable bonds is 3. The van der Waals surface area contributed by atoms with Gasteiger partial charge in [-0.15, -0.1) is 0 Å². The van der Waals surface area contributed by atoms with Crippen LogP contribution in [0, 0.1) is 6.92 Å². The van der Waals surface area contributed by atoms with Crippen LogP contribution in [0.15, 0.2) is 41.0 Å². The van der Waals surface area contributed by atoms with Crippen molar-refractivity contribution in [1.82, 2.24) is 9.97 Å². The molecule has 4 N–H and O–H groups in total. The van der Waals surface area contributed by atoms with Crippen LogP contribution in [0.5, 0.6) is 0 Å². The number of hydrazine groups is 1. The Balaban J connectivity index is 1.98. The first kappa shape index (κ1) is 13.1. The van der Waals surface area contributed by atoms with Crippen LogP contribution in [0.1, 0.15) is 16.2 Å². The van der Waals surface area contributed by atoms with Gasteiger partial charge in [0.15, 0.2) is 0 Å². The quantitative estimate of drug-likeness (QED) is 0.502. The Morgan fingerprint density at radius 2 is 2.10 bits per heavy atom. The molecule has 106 valence electrons. The van der Waals surface area contributed by atoms with Crippen molar-refractivity contribution in [1.29, 1.82) is 0 Å². The molecule has 7 heteroatoms. The summed E-state index contributed by atoms with van der Waals surface area (Å²) >= 11 is 0. The maximum absolute atomic E-state index is 12.2. The number of benzene rings is 1. The van der Waals surface area contributed by atoms with Crippen molar-refractivity contribution in [3.63, 3.8) is 0 Å². The van der Waals surface area contributed by atoms with Crippen LogP contribution in [0.3, 0.4) is 0 Å². The van der Waals surface area contributed by atoms with Crippen LogP contribution < -0.4 is 16.6 Å². The number of carbonyl (C=O) groups is 1. The fourth-order valence-electron chi connectivity index (χ4n) is 2.00. The summed E-state index contributed by atoms with van der Waals surface area (Å²) < 4.78 is 5.09. The van der Waals surface area contributed by atoms with Crippen molar-refractivity contribution in [3.8, 4) is 0 Å². The van der Waals surface area contributed by atoms with Gasteiger partial charge in [0.05, 0.1) is 5.69 Å². The molecule has 0 spiro atoms. The van der Waals surface area contributed by atoms with Crippen molar-refractivity contribution in [2.75, 3.05) is 10.7 Å². The van der Waals surface area contributed by atoms with Crippen molar-refractivity contribution in [3.05, 3.63) is 48.0 Å². The minimum absolute atomic E-state index is 0.134. The maximum Gasteiger partial charge on any atom is 0.301 e. The van der Waals surface area contributed by atoms with Gasteiger partial charge in [0.1, 0.15) is 17.8 Å². The summed E-state index contributed by atoms with van der Waals surface area (Å²) in [7, 11) is 0.